The van der Waals surface area contributed by atoms with E-state index in [1.54, 1.807) is 12.4 Å². The van der Waals surface area contributed by atoms with Gasteiger partial charge in [-0.2, -0.15) is 0 Å². The minimum atomic E-state index is 0.465. The summed E-state index contributed by atoms with van der Waals surface area (Å²) >= 11 is 0. The molecular formula is C11H14N4O. The average Bonchev–Trinajstić information content (AvgIpc) is 2.76. The third kappa shape index (κ3) is 2.79. The first-order valence-corrected chi connectivity index (χ1v) is 5.33. The zero-order valence-electron chi connectivity index (χ0n) is 9.18. The Morgan fingerprint density at radius 3 is 3.06 bits per heavy atom. The van der Waals surface area contributed by atoms with Gasteiger partial charge in [0.1, 0.15) is 0 Å². The molecule has 0 amide bonds. The number of rotatable bonds is 5. The molecule has 0 bridgehead atoms. The van der Waals surface area contributed by atoms with E-state index >= 15 is 0 Å². The molecule has 0 spiro atoms. The Hall–Kier alpha value is -1.91. The van der Waals surface area contributed by atoms with Crippen LogP contribution in [0.4, 0.5) is 6.01 Å². The highest BCUT2D eigenvalue weighted by Crippen LogP contribution is 2.08. The van der Waals surface area contributed by atoms with E-state index in [4.69, 9.17) is 4.42 Å². The van der Waals surface area contributed by atoms with Gasteiger partial charge >= 0.3 is 6.01 Å². The van der Waals surface area contributed by atoms with Gasteiger partial charge in [0, 0.05) is 25.4 Å². The standard InChI is InChI=1S/C11H14N4O/c1-2-4-10-14-15-11(16-10)13-8-9-5-3-6-12-7-9/h3,5-7H,2,4,8H2,1H3,(H,13,15). The van der Waals surface area contributed by atoms with E-state index in [0.717, 1.165) is 18.4 Å². The van der Waals surface area contributed by atoms with E-state index in [2.05, 4.69) is 27.4 Å². The van der Waals surface area contributed by atoms with Crippen molar-refractivity contribution in [3.63, 3.8) is 0 Å². The lowest BCUT2D eigenvalue weighted by molar-refractivity contribution is 0.501. The zero-order chi connectivity index (χ0) is 11.2. The van der Waals surface area contributed by atoms with Crippen molar-refractivity contribution in [2.75, 3.05) is 5.32 Å². The van der Waals surface area contributed by atoms with Gasteiger partial charge in [-0.05, 0) is 18.1 Å². The van der Waals surface area contributed by atoms with Gasteiger partial charge in [0.2, 0.25) is 5.89 Å². The van der Waals surface area contributed by atoms with Crippen LogP contribution in [0.5, 0.6) is 0 Å². The molecule has 0 aliphatic heterocycles. The van der Waals surface area contributed by atoms with Crippen LogP contribution in [-0.4, -0.2) is 15.2 Å². The first-order chi connectivity index (χ1) is 7.88. The highest BCUT2D eigenvalue weighted by molar-refractivity contribution is 5.21. The first-order valence-electron chi connectivity index (χ1n) is 5.33. The van der Waals surface area contributed by atoms with E-state index < -0.39 is 0 Å². The Bertz CT molecular complexity index is 427. The number of nitrogens with zero attached hydrogens (tertiary/aromatic N) is 3. The number of aryl methyl sites for hydroxylation is 1. The summed E-state index contributed by atoms with van der Waals surface area (Å²) in [5.41, 5.74) is 1.08. The number of hydrogen-bond acceptors (Lipinski definition) is 5. The normalized spacial score (nSPS) is 10.3. The maximum atomic E-state index is 5.39. The second-order valence-electron chi connectivity index (χ2n) is 3.47. The number of hydrogen-bond donors (Lipinski definition) is 1. The van der Waals surface area contributed by atoms with Crippen molar-refractivity contribution in [3.8, 4) is 0 Å². The van der Waals surface area contributed by atoms with Crippen molar-refractivity contribution in [1.29, 1.82) is 0 Å². The van der Waals surface area contributed by atoms with Gasteiger partial charge in [0.05, 0.1) is 0 Å². The summed E-state index contributed by atoms with van der Waals surface area (Å²) in [6, 6.07) is 4.35. The minimum absolute atomic E-state index is 0.465. The molecule has 2 rings (SSSR count). The predicted octanol–water partition coefficient (Wildman–Crippen LogP) is 2.03. The molecule has 84 valence electrons. The summed E-state index contributed by atoms with van der Waals surface area (Å²) in [6.07, 6.45) is 5.37. The second-order valence-corrected chi connectivity index (χ2v) is 3.47. The molecule has 0 unspecified atom stereocenters. The smallest absolute Gasteiger partial charge is 0.315 e. The predicted molar refractivity (Wildman–Crippen MR) is 59.9 cm³/mol. The molecule has 2 heterocycles. The van der Waals surface area contributed by atoms with Crippen molar-refractivity contribution in [3.05, 3.63) is 36.0 Å². The number of anilines is 1. The van der Waals surface area contributed by atoms with Crippen LogP contribution in [0.1, 0.15) is 24.8 Å². The van der Waals surface area contributed by atoms with Gasteiger partial charge in [0.15, 0.2) is 0 Å². The van der Waals surface area contributed by atoms with Crippen LogP contribution in [0, 0.1) is 0 Å². The van der Waals surface area contributed by atoms with E-state index in [0.29, 0.717) is 18.5 Å². The van der Waals surface area contributed by atoms with Gasteiger partial charge in [-0.1, -0.05) is 18.1 Å². The molecule has 0 saturated carbocycles. The molecule has 2 aromatic rings. The van der Waals surface area contributed by atoms with E-state index in [-0.39, 0.29) is 0 Å². The summed E-state index contributed by atoms with van der Waals surface area (Å²) in [5, 5.41) is 10.9. The summed E-state index contributed by atoms with van der Waals surface area (Å²) < 4.78 is 5.39. The summed E-state index contributed by atoms with van der Waals surface area (Å²) in [4.78, 5) is 4.02. The molecule has 0 aromatic carbocycles. The third-order valence-corrected chi connectivity index (χ3v) is 2.10. The van der Waals surface area contributed by atoms with Crippen molar-refractivity contribution in [1.82, 2.24) is 15.2 Å². The van der Waals surface area contributed by atoms with Crippen molar-refractivity contribution in [2.45, 2.75) is 26.3 Å². The fraction of sp³-hybridized carbons (Fsp3) is 0.364. The Kier molecular flexibility index (Phi) is 3.48. The van der Waals surface area contributed by atoms with Crippen molar-refractivity contribution in [2.24, 2.45) is 0 Å². The van der Waals surface area contributed by atoms with E-state index in [1.165, 1.54) is 0 Å². The largest absolute Gasteiger partial charge is 0.408 e. The Labute approximate surface area is 93.9 Å². The van der Waals surface area contributed by atoms with Gasteiger partial charge in [-0.25, -0.2) is 0 Å². The monoisotopic (exact) mass is 218 g/mol. The van der Waals surface area contributed by atoms with Crippen molar-refractivity contribution < 1.29 is 4.42 Å². The quantitative estimate of drug-likeness (QED) is 0.831. The van der Waals surface area contributed by atoms with Gasteiger partial charge < -0.3 is 9.73 Å². The minimum Gasteiger partial charge on any atom is -0.408 e. The van der Waals surface area contributed by atoms with Crippen LogP contribution in [0.25, 0.3) is 0 Å². The fourth-order valence-electron chi connectivity index (χ4n) is 1.32. The van der Waals surface area contributed by atoms with Crippen LogP contribution in [0.2, 0.25) is 0 Å². The molecule has 0 aliphatic carbocycles. The average molecular weight is 218 g/mol. The van der Waals surface area contributed by atoms with Crippen LogP contribution >= 0.6 is 0 Å². The van der Waals surface area contributed by atoms with E-state index in [1.807, 2.05) is 12.1 Å². The van der Waals surface area contributed by atoms with Crippen LogP contribution in [0.15, 0.2) is 28.9 Å². The van der Waals surface area contributed by atoms with Crippen LogP contribution in [-0.2, 0) is 13.0 Å². The van der Waals surface area contributed by atoms with Crippen LogP contribution < -0.4 is 5.32 Å². The summed E-state index contributed by atoms with van der Waals surface area (Å²) in [6.45, 7) is 2.72. The third-order valence-electron chi connectivity index (χ3n) is 2.10. The molecule has 0 fully saturated rings. The SMILES string of the molecule is CCCc1nnc(NCc2cccnc2)o1. The first kappa shape index (κ1) is 10.6. The lowest BCUT2D eigenvalue weighted by Gasteiger charge is -1.99. The molecule has 0 aliphatic rings. The number of aromatic nitrogens is 3. The summed E-state index contributed by atoms with van der Waals surface area (Å²) in [5.74, 6) is 0.677. The maximum Gasteiger partial charge on any atom is 0.315 e. The molecular weight excluding hydrogens is 204 g/mol. The molecule has 5 nitrogen and oxygen atoms in total. The molecule has 1 N–H and O–H groups in total. The van der Waals surface area contributed by atoms with Gasteiger partial charge in [-0.15, -0.1) is 5.10 Å². The fourth-order valence-corrected chi connectivity index (χ4v) is 1.32. The molecule has 16 heavy (non-hydrogen) atoms. The zero-order valence-corrected chi connectivity index (χ0v) is 9.18. The lowest BCUT2D eigenvalue weighted by Crippen LogP contribution is -1.99. The molecule has 2 aromatic heterocycles. The Morgan fingerprint density at radius 2 is 2.31 bits per heavy atom. The van der Waals surface area contributed by atoms with Crippen molar-refractivity contribution >= 4 is 6.01 Å². The number of nitrogens with one attached hydrogen (secondary N) is 1. The van der Waals surface area contributed by atoms with Crippen LogP contribution in [0.3, 0.4) is 0 Å². The Morgan fingerprint density at radius 1 is 1.38 bits per heavy atom. The van der Waals surface area contributed by atoms with E-state index in [9.17, 15) is 0 Å². The molecule has 0 saturated heterocycles. The highest BCUT2D eigenvalue weighted by Gasteiger charge is 2.03. The topological polar surface area (TPSA) is 63.8 Å². The maximum absolute atomic E-state index is 5.39. The highest BCUT2D eigenvalue weighted by atomic mass is 16.4. The lowest BCUT2D eigenvalue weighted by atomic mass is 10.3. The molecule has 5 heteroatoms. The molecule has 0 atom stereocenters. The second kappa shape index (κ2) is 5.25. The summed E-state index contributed by atoms with van der Waals surface area (Å²) in [7, 11) is 0. The van der Waals surface area contributed by atoms with Gasteiger partial charge in [0.25, 0.3) is 0 Å². The molecule has 0 radical (unpaired) electrons. The number of pyridine rings is 1. The van der Waals surface area contributed by atoms with Gasteiger partial charge in [-0.3, -0.25) is 4.98 Å². The Balaban J connectivity index is 1.89.